The first-order chi connectivity index (χ1) is 48.1. The Balaban J connectivity index is 1.69. The van der Waals surface area contributed by atoms with Crippen molar-refractivity contribution >= 4 is 5.91 Å². The number of hydrogen-bond acceptors (Lipinski definition) is 13. The van der Waals surface area contributed by atoms with Gasteiger partial charge in [-0.3, -0.25) is 4.79 Å². The van der Waals surface area contributed by atoms with Crippen LogP contribution < -0.4 is 5.32 Å². The number of aliphatic hydroxyl groups excluding tert-OH is 8. The molecule has 560 valence electrons. The monoisotopic (exact) mass is 1370 g/mol. The van der Waals surface area contributed by atoms with Gasteiger partial charge >= 0.3 is 0 Å². The summed E-state index contributed by atoms with van der Waals surface area (Å²) in [5.41, 5.74) is 0. The van der Waals surface area contributed by atoms with E-state index in [1.165, 1.54) is 161 Å². The average molecular weight is 1370 g/mol. The van der Waals surface area contributed by atoms with Gasteiger partial charge in [0.05, 0.1) is 32.0 Å². The van der Waals surface area contributed by atoms with Crippen molar-refractivity contribution in [2.45, 2.75) is 357 Å². The zero-order chi connectivity index (χ0) is 70.8. The maximum Gasteiger partial charge on any atom is 0.220 e. The summed E-state index contributed by atoms with van der Waals surface area (Å²) in [6, 6.07) is -0.969. The zero-order valence-electron chi connectivity index (χ0n) is 61.2. The van der Waals surface area contributed by atoms with Crippen molar-refractivity contribution in [3.05, 3.63) is 146 Å². The molecule has 0 bridgehead atoms. The lowest BCUT2D eigenvalue weighted by Gasteiger charge is -2.46. The molecule has 0 aromatic heterocycles. The molecule has 98 heavy (non-hydrogen) atoms. The number of nitrogens with one attached hydrogen (secondary N) is 1. The fourth-order valence-corrected chi connectivity index (χ4v) is 11.9. The third-order valence-electron chi connectivity index (χ3n) is 18.0. The Morgan fingerprint density at radius 2 is 0.714 bits per heavy atom. The minimum absolute atomic E-state index is 0.208. The summed E-state index contributed by atoms with van der Waals surface area (Å²) in [4.78, 5) is 13.3. The van der Waals surface area contributed by atoms with E-state index in [1.807, 2.05) is 6.08 Å². The van der Waals surface area contributed by atoms with Crippen molar-refractivity contribution in [3.63, 3.8) is 0 Å². The molecule has 14 nitrogen and oxygen atoms in total. The van der Waals surface area contributed by atoms with Crippen molar-refractivity contribution in [3.8, 4) is 0 Å². The highest BCUT2D eigenvalue weighted by Crippen LogP contribution is 2.30. The van der Waals surface area contributed by atoms with Gasteiger partial charge in [-0.25, -0.2) is 0 Å². The van der Waals surface area contributed by atoms with Gasteiger partial charge in [-0.2, -0.15) is 0 Å². The number of rotatable bonds is 63. The lowest BCUT2D eigenvalue weighted by atomic mass is 9.97. The van der Waals surface area contributed by atoms with Gasteiger partial charge in [0.2, 0.25) is 5.91 Å². The number of hydrogen-bond donors (Lipinski definition) is 9. The number of aliphatic hydroxyl groups is 8. The van der Waals surface area contributed by atoms with E-state index in [0.29, 0.717) is 12.8 Å². The first-order valence-corrected chi connectivity index (χ1v) is 39.1. The summed E-state index contributed by atoms with van der Waals surface area (Å²) in [5.74, 6) is -0.295. The number of amides is 1. The van der Waals surface area contributed by atoms with Gasteiger partial charge < -0.3 is 65.1 Å². The molecule has 12 unspecified atom stereocenters. The molecule has 2 saturated heterocycles. The Morgan fingerprint density at radius 3 is 1.12 bits per heavy atom. The molecule has 0 aromatic rings. The fourth-order valence-electron chi connectivity index (χ4n) is 11.9. The second-order valence-electron chi connectivity index (χ2n) is 26.7. The minimum atomic E-state index is -1.80. The third kappa shape index (κ3) is 48.7. The van der Waals surface area contributed by atoms with Crippen molar-refractivity contribution in [2.24, 2.45) is 0 Å². The summed E-state index contributed by atoms with van der Waals surface area (Å²) in [7, 11) is 0. The Hall–Kier alpha value is -4.13. The van der Waals surface area contributed by atoms with Crippen LogP contribution in [0.25, 0.3) is 0 Å². The molecule has 0 saturated carbocycles. The van der Waals surface area contributed by atoms with Gasteiger partial charge in [-0.05, 0) is 109 Å². The Kier molecular flexibility index (Phi) is 60.7. The predicted molar refractivity (Wildman–Crippen MR) is 405 cm³/mol. The molecule has 0 aliphatic carbocycles. The standard InChI is InChI=1S/C84H141NO13/c1-3-5-7-9-11-13-15-17-19-21-23-25-27-29-31-33-35-36-38-40-42-44-46-48-50-52-54-56-58-60-62-64-66-68-76(89)85-72(71-95-83-81(94)79(92)82(75(70-87)97-83)98-84-80(93)78(91)77(90)74(69-86)96-84)73(88)67-65-63-61-59-57-55-53-51-49-47-45-43-41-39-37-34-32-30-28-26-24-22-20-18-16-14-12-10-8-6-4-2/h5,7,11,13,17,19,23,25,29,31,35-36,40,42,46,48,52,54,57-60,65,67,72-75,77-84,86-88,90-94H,3-4,6,8-10,12,14-16,18,20-22,24,26-28,30,32-34,37-39,41,43-45,47,49-51,53,55-56,61-64,66,68-71H2,1-2H3,(H,85,89)/b7-5-,13-11-,19-17-,25-23-,31-29-,36-35-,42-40-,48-46-,54-52-,59-57+,60-58-,67-65+. The van der Waals surface area contributed by atoms with E-state index in [9.17, 15) is 45.6 Å². The van der Waals surface area contributed by atoms with E-state index < -0.39 is 86.8 Å². The van der Waals surface area contributed by atoms with Gasteiger partial charge in [-0.1, -0.05) is 314 Å². The average Bonchev–Trinajstić information content (AvgIpc) is 0.793. The van der Waals surface area contributed by atoms with Crippen molar-refractivity contribution < 1.29 is 64.6 Å². The third-order valence-corrected chi connectivity index (χ3v) is 18.0. The SMILES string of the molecule is CC/C=C\C/C=C\C/C=C\C/C=C\C/C=C\C/C=C\C/C=C\C/C=C\C/C=C\C/C=C\CCCCC(=O)NC(COC1OC(CO)C(OC2OC(CO)C(O)C(O)C2O)C(O)C1O)C(O)/C=C/CC/C=C/CCCCCCCCCCCCCCCCCCCCCCCCCCC. The van der Waals surface area contributed by atoms with Crippen LogP contribution in [0.2, 0.25) is 0 Å². The molecular formula is C84H141NO13. The zero-order valence-corrected chi connectivity index (χ0v) is 61.2. The number of unbranched alkanes of at least 4 members (excludes halogenated alkanes) is 28. The highest BCUT2D eigenvalue weighted by atomic mass is 16.7. The van der Waals surface area contributed by atoms with Gasteiger partial charge in [0.25, 0.3) is 0 Å². The van der Waals surface area contributed by atoms with Crippen LogP contribution in [0, 0.1) is 0 Å². The van der Waals surface area contributed by atoms with E-state index in [-0.39, 0.29) is 18.9 Å². The first kappa shape index (κ1) is 90.0. The van der Waals surface area contributed by atoms with E-state index >= 15 is 0 Å². The van der Waals surface area contributed by atoms with Gasteiger partial charge in [0.15, 0.2) is 12.6 Å². The van der Waals surface area contributed by atoms with E-state index in [2.05, 4.69) is 153 Å². The van der Waals surface area contributed by atoms with Crippen molar-refractivity contribution in [2.75, 3.05) is 19.8 Å². The molecule has 2 rings (SSSR count). The number of ether oxygens (including phenoxy) is 4. The van der Waals surface area contributed by atoms with Crippen molar-refractivity contribution in [1.82, 2.24) is 5.32 Å². The number of carbonyl (C=O) groups excluding carboxylic acids is 1. The van der Waals surface area contributed by atoms with Crippen LogP contribution >= 0.6 is 0 Å². The smallest absolute Gasteiger partial charge is 0.220 e. The molecule has 2 heterocycles. The van der Waals surface area contributed by atoms with E-state index in [1.54, 1.807) is 6.08 Å². The van der Waals surface area contributed by atoms with Crippen LogP contribution in [-0.2, 0) is 23.7 Å². The van der Waals surface area contributed by atoms with Crippen LogP contribution in [0.5, 0.6) is 0 Å². The molecule has 12 atom stereocenters. The normalized spacial score (nSPS) is 22.9. The maximum absolute atomic E-state index is 13.3. The van der Waals surface area contributed by atoms with E-state index in [0.717, 1.165) is 89.9 Å². The van der Waals surface area contributed by atoms with Crippen molar-refractivity contribution in [1.29, 1.82) is 0 Å². The number of carbonyl (C=O) groups is 1. The maximum atomic E-state index is 13.3. The Labute approximate surface area is 595 Å². The fraction of sp³-hybridized carbons (Fsp3) is 0.702. The van der Waals surface area contributed by atoms with Gasteiger partial charge in [0.1, 0.15) is 48.8 Å². The molecule has 14 heteroatoms. The van der Waals surface area contributed by atoms with Crippen LogP contribution in [0.15, 0.2) is 146 Å². The summed E-state index contributed by atoms with van der Waals surface area (Å²) in [5, 5.41) is 87.6. The summed E-state index contributed by atoms with van der Waals surface area (Å²) < 4.78 is 22.8. The van der Waals surface area contributed by atoms with Crippen LogP contribution in [0.4, 0.5) is 0 Å². The molecule has 0 aromatic carbocycles. The van der Waals surface area contributed by atoms with Crippen LogP contribution in [-0.4, -0.2) is 140 Å². The second-order valence-corrected chi connectivity index (χ2v) is 26.7. The highest BCUT2D eigenvalue weighted by Gasteiger charge is 2.51. The van der Waals surface area contributed by atoms with Gasteiger partial charge in [-0.15, -0.1) is 0 Å². The summed E-state index contributed by atoms with van der Waals surface area (Å²) in [6.07, 6.45) is 83.5. The molecule has 0 spiro atoms. The molecule has 2 aliphatic rings. The largest absolute Gasteiger partial charge is 0.394 e. The van der Waals surface area contributed by atoms with Gasteiger partial charge in [0, 0.05) is 6.42 Å². The lowest BCUT2D eigenvalue weighted by Crippen LogP contribution is -2.65. The topological polar surface area (TPSA) is 228 Å². The summed E-state index contributed by atoms with van der Waals surface area (Å²) >= 11 is 0. The molecule has 9 N–H and O–H groups in total. The molecular weight excluding hydrogens is 1230 g/mol. The van der Waals surface area contributed by atoms with Crippen LogP contribution in [0.1, 0.15) is 284 Å². The quantitative estimate of drug-likeness (QED) is 0.0204. The van der Waals surface area contributed by atoms with Crippen LogP contribution in [0.3, 0.4) is 0 Å². The molecule has 2 fully saturated rings. The Bertz CT molecular complexity index is 2210. The minimum Gasteiger partial charge on any atom is -0.394 e. The first-order valence-electron chi connectivity index (χ1n) is 39.1. The molecule has 1 amide bonds. The molecule has 2 aliphatic heterocycles. The van der Waals surface area contributed by atoms with E-state index in [4.69, 9.17) is 18.9 Å². The second kappa shape index (κ2) is 66.1. The molecule has 0 radical (unpaired) electrons. The number of allylic oxidation sites excluding steroid dienone is 23. The Morgan fingerprint density at radius 1 is 0.378 bits per heavy atom. The lowest BCUT2D eigenvalue weighted by molar-refractivity contribution is -0.359. The highest BCUT2D eigenvalue weighted by molar-refractivity contribution is 5.76. The summed E-state index contributed by atoms with van der Waals surface area (Å²) in [6.45, 7) is 2.66. The predicted octanol–water partition coefficient (Wildman–Crippen LogP) is 17.6.